The lowest BCUT2D eigenvalue weighted by Gasteiger charge is -2.48. The predicted octanol–water partition coefficient (Wildman–Crippen LogP) is 3.83. The third-order valence-electron chi connectivity index (χ3n) is 5.87. The van der Waals surface area contributed by atoms with Crippen molar-refractivity contribution in [2.45, 2.75) is 24.4 Å². The molecular formula is C21H21F3N4O2. The molecule has 0 bridgehead atoms. The molecular weight excluding hydrogens is 397 g/mol. The van der Waals surface area contributed by atoms with Crippen LogP contribution in [0.5, 0.6) is 5.75 Å². The molecule has 30 heavy (non-hydrogen) atoms. The minimum atomic E-state index is -4.45. The molecule has 5 rings (SSSR count). The number of H-pyrrole nitrogens is 1. The zero-order valence-electron chi connectivity index (χ0n) is 16.2. The standard InChI is InChI=1S/C21H21F3N4O2/c1-29-12-9-28(10-12)16-11-30-17-5-3-2-4-13(17)19(16)27-20-14-8-18(21(22,23)24)26-15(14)6-7-25-20/h2-8,12,16,19,26H,9-11H2,1H3,(H,25,27). The molecule has 3 aromatic rings. The van der Waals surface area contributed by atoms with Crippen LogP contribution in [0.2, 0.25) is 0 Å². The third-order valence-corrected chi connectivity index (χ3v) is 5.87. The van der Waals surface area contributed by atoms with E-state index < -0.39 is 11.9 Å². The van der Waals surface area contributed by atoms with Gasteiger partial charge in [0.2, 0.25) is 0 Å². The first kappa shape index (κ1) is 19.2. The van der Waals surface area contributed by atoms with Gasteiger partial charge < -0.3 is 19.8 Å². The number of aromatic amines is 1. The zero-order chi connectivity index (χ0) is 20.9. The van der Waals surface area contributed by atoms with Gasteiger partial charge in [-0.25, -0.2) is 4.98 Å². The maximum atomic E-state index is 13.2. The van der Waals surface area contributed by atoms with Gasteiger partial charge in [0, 0.05) is 37.3 Å². The molecule has 1 fully saturated rings. The fraction of sp³-hybridized carbons (Fsp3) is 0.381. The Morgan fingerprint density at radius 3 is 2.80 bits per heavy atom. The molecule has 1 saturated heterocycles. The van der Waals surface area contributed by atoms with Gasteiger partial charge in [0.15, 0.2) is 0 Å². The van der Waals surface area contributed by atoms with E-state index in [1.807, 2.05) is 24.3 Å². The summed E-state index contributed by atoms with van der Waals surface area (Å²) in [7, 11) is 1.69. The van der Waals surface area contributed by atoms with Crippen molar-refractivity contribution in [3.63, 3.8) is 0 Å². The third kappa shape index (κ3) is 3.27. The Kier molecular flexibility index (Phi) is 4.59. The van der Waals surface area contributed by atoms with Crippen molar-refractivity contribution in [1.82, 2.24) is 14.9 Å². The summed E-state index contributed by atoms with van der Waals surface area (Å²) in [5, 5.41) is 3.82. The zero-order valence-corrected chi connectivity index (χ0v) is 16.2. The molecule has 2 aliphatic rings. The van der Waals surface area contributed by atoms with Crippen molar-refractivity contribution in [2.75, 3.05) is 32.1 Å². The molecule has 9 heteroatoms. The molecule has 4 heterocycles. The minimum Gasteiger partial charge on any atom is -0.491 e. The number of aromatic nitrogens is 2. The van der Waals surface area contributed by atoms with Crippen molar-refractivity contribution in [2.24, 2.45) is 0 Å². The number of rotatable bonds is 4. The van der Waals surface area contributed by atoms with Crippen LogP contribution in [0.1, 0.15) is 17.3 Å². The molecule has 0 spiro atoms. The van der Waals surface area contributed by atoms with Gasteiger partial charge in [0.1, 0.15) is 23.9 Å². The fourth-order valence-corrected chi connectivity index (χ4v) is 4.20. The van der Waals surface area contributed by atoms with Crippen LogP contribution in [-0.2, 0) is 10.9 Å². The highest BCUT2D eigenvalue weighted by Crippen LogP contribution is 2.39. The molecule has 2 unspecified atom stereocenters. The summed E-state index contributed by atoms with van der Waals surface area (Å²) in [6.07, 6.45) is -2.76. The molecule has 0 aliphatic carbocycles. The Balaban J connectivity index is 1.51. The van der Waals surface area contributed by atoms with Crippen molar-refractivity contribution >= 4 is 16.7 Å². The summed E-state index contributed by atoms with van der Waals surface area (Å²) in [6, 6.07) is 10.2. The fourth-order valence-electron chi connectivity index (χ4n) is 4.20. The first-order valence-corrected chi connectivity index (χ1v) is 9.74. The number of methoxy groups -OCH3 is 1. The Bertz CT molecular complexity index is 1060. The van der Waals surface area contributed by atoms with Crippen LogP contribution in [0.25, 0.3) is 10.9 Å². The molecule has 6 nitrogen and oxygen atoms in total. The molecule has 2 atom stereocenters. The Morgan fingerprint density at radius 2 is 2.03 bits per heavy atom. The number of pyridine rings is 1. The van der Waals surface area contributed by atoms with E-state index in [1.165, 1.54) is 6.20 Å². The number of halogens is 3. The number of para-hydroxylation sites is 1. The second-order valence-corrected chi connectivity index (χ2v) is 7.65. The average Bonchev–Trinajstić information content (AvgIpc) is 3.14. The second-order valence-electron chi connectivity index (χ2n) is 7.65. The van der Waals surface area contributed by atoms with E-state index >= 15 is 0 Å². The van der Waals surface area contributed by atoms with Gasteiger partial charge in [-0.3, -0.25) is 4.90 Å². The van der Waals surface area contributed by atoms with Crippen molar-refractivity contribution in [3.05, 3.63) is 53.9 Å². The van der Waals surface area contributed by atoms with Gasteiger partial charge in [-0.15, -0.1) is 0 Å². The number of benzene rings is 1. The van der Waals surface area contributed by atoms with Crippen LogP contribution in [0.15, 0.2) is 42.6 Å². The van der Waals surface area contributed by atoms with Gasteiger partial charge in [-0.05, 0) is 18.2 Å². The van der Waals surface area contributed by atoms with Crippen molar-refractivity contribution in [1.29, 1.82) is 0 Å². The SMILES string of the molecule is COC1CN(C2COc3ccccc3C2Nc2nccc3[nH]c(C(F)(F)F)cc23)C1. The van der Waals surface area contributed by atoms with Crippen molar-refractivity contribution < 1.29 is 22.6 Å². The number of hydrogen-bond acceptors (Lipinski definition) is 5. The number of fused-ring (bicyclic) bond motifs is 2. The molecule has 0 radical (unpaired) electrons. The molecule has 0 amide bonds. The van der Waals surface area contributed by atoms with E-state index in [0.29, 0.717) is 23.3 Å². The number of nitrogens with zero attached hydrogens (tertiary/aromatic N) is 2. The number of hydrogen-bond donors (Lipinski definition) is 2. The normalized spacial score (nSPS) is 22.4. The number of likely N-dealkylation sites (tertiary alicyclic amines) is 1. The van der Waals surface area contributed by atoms with Crippen LogP contribution in [-0.4, -0.2) is 53.8 Å². The number of nitrogens with one attached hydrogen (secondary N) is 2. The molecule has 2 N–H and O–H groups in total. The van der Waals surface area contributed by atoms with Crippen LogP contribution in [0.3, 0.4) is 0 Å². The predicted molar refractivity (Wildman–Crippen MR) is 106 cm³/mol. The highest BCUT2D eigenvalue weighted by Gasteiger charge is 2.41. The Morgan fingerprint density at radius 1 is 1.23 bits per heavy atom. The average molecular weight is 418 g/mol. The maximum absolute atomic E-state index is 13.2. The van der Waals surface area contributed by atoms with Gasteiger partial charge in [-0.1, -0.05) is 18.2 Å². The molecule has 0 saturated carbocycles. The lowest BCUT2D eigenvalue weighted by molar-refractivity contribution is -0.140. The second kappa shape index (κ2) is 7.17. The van der Waals surface area contributed by atoms with E-state index in [-0.39, 0.29) is 18.2 Å². The summed E-state index contributed by atoms with van der Waals surface area (Å²) in [5.74, 6) is 1.18. The van der Waals surface area contributed by atoms with E-state index in [1.54, 1.807) is 13.2 Å². The maximum Gasteiger partial charge on any atom is 0.431 e. The van der Waals surface area contributed by atoms with E-state index in [4.69, 9.17) is 9.47 Å². The molecule has 2 aromatic heterocycles. The van der Waals surface area contributed by atoms with Crippen LogP contribution < -0.4 is 10.1 Å². The molecule has 158 valence electrons. The van der Waals surface area contributed by atoms with E-state index in [2.05, 4.69) is 20.2 Å². The van der Waals surface area contributed by atoms with Gasteiger partial charge in [-0.2, -0.15) is 13.2 Å². The minimum absolute atomic E-state index is 0.00406. The lowest BCUT2D eigenvalue weighted by atomic mass is 9.92. The summed E-state index contributed by atoms with van der Waals surface area (Å²) in [4.78, 5) is 9.07. The quantitative estimate of drug-likeness (QED) is 0.675. The van der Waals surface area contributed by atoms with Crippen LogP contribution in [0, 0.1) is 0 Å². The highest BCUT2D eigenvalue weighted by atomic mass is 19.4. The number of anilines is 1. The largest absolute Gasteiger partial charge is 0.491 e. The van der Waals surface area contributed by atoms with E-state index in [0.717, 1.165) is 30.5 Å². The number of alkyl halides is 3. The molecule has 1 aromatic carbocycles. The van der Waals surface area contributed by atoms with Gasteiger partial charge >= 0.3 is 6.18 Å². The van der Waals surface area contributed by atoms with E-state index in [9.17, 15) is 13.2 Å². The molecule has 2 aliphatic heterocycles. The first-order valence-electron chi connectivity index (χ1n) is 9.74. The summed E-state index contributed by atoms with van der Waals surface area (Å²) in [5.41, 5.74) is 0.559. The van der Waals surface area contributed by atoms with Crippen LogP contribution in [0.4, 0.5) is 19.0 Å². The van der Waals surface area contributed by atoms with Gasteiger partial charge in [0.05, 0.1) is 23.7 Å². The summed E-state index contributed by atoms with van der Waals surface area (Å²) < 4.78 is 51.0. The van der Waals surface area contributed by atoms with Crippen molar-refractivity contribution in [3.8, 4) is 5.75 Å². The summed E-state index contributed by atoms with van der Waals surface area (Å²) >= 11 is 0. The van der Waals surface area contributed by atoms with Gasteiger partial charge in [0.25, 0.3) is 0 Å². The topological polar surface area (TPSA) is 62.4 Å². The summed E-state index contributed by atoms with van der Waals surface area (Å²) in [6.45, 7) is 2.04. The highest BCUT2D eigenvalue weighted by molar-refractivity contribution is 5.90. The lowest BCUT2D eigenvalue weighted by Crippen LogP contribution is -2.60. The van der Waals surface area contributed by atoms with Crippen LogP contribution >= 0.6 is 0 Å². The Labute approximate surface area is 171 Å². The smallest absolute Gasteiger partial charge is 0.431 e. The monoisotopic (exact) mass is 418 g/mol. The number of ether oxygens (including phenoxy) is 2. The first-order chi connectivity index (χ1) is 14.4. The Hall–Kier alpha value is -2.78.